The maximum Gasteiger partial charge on any atom is 0.511 e. The Labute approximate surface area is 182 Å². The Morgan fingerprint density at radius 3 is 2.53 bits per heavy atom. The molecule has 9 heteroatoms. The van der Waals surface area contributed by atoms with Gasteiger partial charge in [-0.25, -0.2) is 9.59 Å². The van der Waals surface area contributed by atoms with E-state index in [0.29, 0.717) is 22.0 Å². The van der Waals surface area contributed by atoms with Crippen LogP contribution in [-0.4, -0.2) is 32.9 Å². The number of carbonyl (C=O) groups excluding carboxylic acids is 1. The first-order valence-electron chi connectivity index (χ1n) is 9.79. The van der Waals surface area contributed by atoms with Crippen molar-refractivity contribution in [1.82, 2.24) is 9.97 Å². The molecule has 0 aliphatic rings. The van der Waals surface area contributed by atoms with Crippen LogP contribution in [0.4, 0.5) is 15.3 Å². The van der Waals surface area contributed by atoms with Gasteiger partial charge in [0.25, 0.3) is 5.56 Å². The van der Waals surface area contributed by atoms with E-state index < -0.39 is 17.8 Å². The minimum atomic E-state index is -1.48. The summed E-state index contributed by atoms with van der Waals surface area (Å²) in [5.41, 5.74) is 1.89. The third-order valence-corrected chi connectivity index (χ3v) is 4.65. The van der Waals surface area contributed by atoms with Crippen LogP contribution in [0.15, 0.2) is 53.5 Å². The summed E-state index contributed by atoms with van der Waals surface area (Å²) in [6, 6.07) is 12.6. The molecule has 9 nitrogen and oxygen atoms in total. The molecule has 0 spiro atoms. The summed E-state index contributed by atoms with van der Waals surface area (Å²) in [7, 11) is 0. The Kier molecular flexibility index (Phi) is 5.09. The number of anilines is 1. The van der Waals surface area contributed by atoms with Gasteiger partial charge in [-0.05, 0) is 56.2 Å². The first-order valence-corrected chi connectivity index (χ1v) is 9.79. The second-order valence-corrected chi connectivity index (χ2v) is 8.19. The van der Waals surface area contributed by atoms with E-state index in [9.17, 15) is 14.4 Å². The number of carbonyl (C=O) groups is 2. The third kappa shape index (κ3) is 4.27. The molecule has 0 aliphatic carbocycles. The van der Waals surface area contributed by atoms with Crippen molar-refractivity contribution in [2.75, 3.05) is 5.32 Å². The molecule has 4 N–H and O–H groups in total. The van der Waals surface area contributed by atoms with Crippen LogP contribution < -0.4 is 15.6 Å². The van der Waals surface area contributed by atoms with Crippen molar-refractivity contribution in [1.29, 1.82) is 0 Å². The van der Waals surface area contributed by atoms with Crippen molar-refractivity contribution in [2.24, 2.45) is 0 Å². The Hall–Kier alpha value is -4.27. The molecule has 1 amide bonds. The fourth-order valence-corrected chi connectivity index (χ4v) is 3.45. The number of aromatic amines is 2. The van der Waals surface area contributed by atoms with E-state index in [1.165, 1.54) is 6.20 Å². The highest BCUT2D eigenvalue weighted by atomic mass is 16.7. The third-order valence-electron chi connectivity index (χ3n) is 4.65. The molecule has 0 bridgehead atoms. The van der Waals surface area contributed by atoms with Crippen LogP contribution in [0.2, 0.25) is 0 Å². The van der Waals surface area contributed by atoms with Gasteiger partial charge >= 0.3 is 12.2 Å². The summed E-state index contributed by atoms with van der Waals surface area (Å²) >= 11 is 0. The molecule has 2 aromatic heterocycles. The molecule has 0 radical (unpaired) electrons. The topological polar surface area (TPSA) is 134 Å². The van der Waals surface area contributed by atoms with E-state index in [-0.39, 0.29) is 16.8 Å². The Bertz CT molecular complexity index is 1410. The van der Waals surface area contributed by atoms with Gasteiger partial charge < -0.3 is 24.5 Å². The van der Waals surface area contributed by atoms with Gasteiger partial charge in [-0.15, -0.1) is 0 Å². The normalized spacial score (nSPS) is 11.5. The number of aromatic nitrogens is 2. The van der Waals surface area contributed by atoms with Crippen molar-refractivity contribution in [3.63, 3.8) is 0 Å². The summed E-state index contributed by atoms with van der Waals surface area (Å²) in [5, 5.41) is 12.7. The van der Waals surface area contributed by atoms with Gasteiger partial charge in [-0.3, -0.25) is 10.1 Å². The van der Waals surface area contributed by atoms with Crippen molar-refractivity contribution in [2.45, 2.75) is 26.4 Å². The number of nitrogens with one attached hydrogen (secondary N) is 3. The van der Waals surface area contributed by atoms with Gasteiger partial charge in [0.15, 0.2) is 5.75 Å². The number of amides is 1. The minimum Gasteiger partial charge on any atom is -0.449 e. The van der Waals surface area contributed by atoms with Gasteiger partial charge in [0.1, 0.15) is 11.1 Å². The standard InChI is InChI=1S/C23H21N3O6/c1-23(2,3)32-21(28)25-14-6-4-5-12(9-14)13-7-8-16-15(10-13)18-17(31-22(29)30)11-24-19(18)20(27)26-16/h4-11,24H,1-3H3,(H,25,28)(H,26,27)(H,29,30). The van der Waals surface area contributed by atoms with E-state index in [0.717, 1.165) is 11.1 Å². The van der Waals surface area contributed by atoms with Crippen LogP contribution in [-0.2, 0) is 4.74 Å². The fourth-order valence-electron chi connectivity index (χ4n) is 3.45. The average Bonchev–Trinajstić information content (AvgIpc) is 3.10. The van der Waals surface area contributed by atoms with Crippen molar-refractivity contribution in [3.8, 4) is 16.9 Å². The highest BCUT2D eigenvalue weighted by molar-refractivity contribution is 6.09. The van der Waals surface area contributed by atoms with Crippen LogP contribution in [0.1, 0.15) is 20.8 Å². The lowest BCUT2D eigenvalue weighted by Crippen LogP contribution is -2.27. The quantitative estimate of drug-likeness (QED) is 0.332. The lowest BCUT2D eigenvalue weighted by molar-refractivity contribution is 0.0636. The smallest absolute Gasteiger partial charge is 0.449 e. The van der Waals surface area contributed by atoms with E-state index in [4.69, 9.17) is 14.6 Å². The number of H-pyrrole nitrogens is 2. The molecule has 0 saturated heterocycles. The van der Waals surface area contributed by atoms with Crippen LogP contribution >= 0.6 is 0 Å². The van der Waals surface area contributed by atoms with Crippen molar-refractivity contribution in [3.05, 3.63) is 59.0 Å². The largest absolute Gasteiger partial charge is 0.511 e. The molecule has 164 valence electrons. The van der Waals surface area contributed by atoms with Crippen LogP contribution in [0.25, 0.3) is 32.9 Å². The summed E-state index contributed by atoms with van der Waals surface area (Å²) in [5.74, 6) is 0.0427. The number of rotatable bonds is 3. The maximum atomic E-state index is 12.4. The molecule has 0 fully saturated rings. The summed E-state index contributed by atoms with van der Waals surface area (Å²) < 4.78 is 10.1. The fraction of sp³-hybridized carbons (Fsp3) is 0.174. The molecule has 2 heterocycles. The van der Waals surface area contributed by atoms with Gasteiger partial charge in [-0.2, -0.15) is 0 Å². The van der Waals surface area contributed by atoms with Crippen LogP contribution in [0.3, 0.4) is 0 Å². The molecule has 4 aromatic rings. The molecule has 0 atom stereocenters. The zero-order valence-corrected chi connectivity index (χ0v) is 17.6. The van der Waals surface area contributed by atoms with Crippen molar-refractivity contribution >= 4 is 39.7 Å². The highest BCUT2D eigenvalue weighted by Gasteiger charge is 2.17. The average molecular weight is 435 g/mol. The van der Waals surface area contributed by atoms with Gasteiger partial charge in [0, 0.05) is 22.8 Å². The summed E-state index contributed by atoms with van der Waals surface area (Å²) in [6.45, 7) is 5.35. The lowest BCUT2D eigenvalue weighted by Gasteiger charge is -2.19. The second-order valence-electron chi connectivity index (χ2n) is 8.19. The minimum absolute atomic E-state index is 0.0427. The predicted molar refractivity (Wildman–Crippen MR) is 120 cm³/mol. The number of benzene rings is 2. The lowest BCUT2D eigenvalue weighted by atomic mass is 10.0. The summed E-state index contributed by atoms with van der Waals surface area (Å²) in [6.07, 6.45) is -0.697. The zero-order chi connectivity index (χ0) is 23.0. The Morgan fingerprint density at radius 2 is 1.81 bits per heavy atom. The van der Waals surface area contributed by atoms with Gasteiger partial charge in [0.05, 0.1) is 5.39 Å². The summed E-state index contributed by atoms with van der Waals surface area (Å²) in [4.78, 5) is 41.1. The van der Waals surface area contributed by atoms with E-state index in [2.05, 4.69) is 15.3 Å². The van der Waals surface area contributed by atoms with E-state index in [1.54, 1.807) is 45.0 Å². The van der Waals surface area contributed by atoms with Crippen LogP contribution in [0.5, 0.6) is 5.75 Å². The van der Waals surface area contributed by atoms with Gasteiger partial charge in [0.2, 0.25) is 0 Å². The predicted octanol–water partition coefficient (Wildman–Crippen LogP) is 5.08. The molecule has 32 heavy (non-hydrogen) atoms. The first kappa shape index (κ1) is 21.0. The van der Waals surface area contributed by atoms with E-state index in [1.807, 2.05) is 18.2 Å². The number of hydrogen-bond acceptors (Lipinski definition) is 5. The number of hydrogen-bond donors (Lipinski definition) is 4. The first-order chi connectivity index (χ1) is 15.1. The zero-order valence-electron chi connectivity index (χ0n) is 17.6. The molecule has 0 aliphatic heterocycles. The molecule has 2 aromatic carbocycles. The Balaban J connectivity index is 1.77. The van der Waals surface area contributed by atoms with E-state index >= 15 is 0 Å². The highest BCUT2D eigenvalue weighted by Crippen LogP contribution is 2.33. The number of pyridine rings is 1. The van der Waals surface area contributed by atoms with Crippen LogP contribution in [0, 0.1) is 0 Å². The molecular formula is C23H21N3O6. The second kappa shape index (κ2) is 7.77. The monoisotopic (exact) mass is 435 g/mol. The molecule has 4 rings (SSSR count). The van der Waals surface area contributed by atoms with Crippen molar-refractivity contribution < 1.29 is 24.2 Å². The maximum absolute atomic E-state index is 12.4. The molecule has 0 unspecified atom stereocenters. The SMILES string of the molecule is CC(C)(C)OC(=O)Nc1cccc(-c2ccc3[nH]c(=O)c4[nH]cc(OC(=O)O)c4c3c2)c1. The number of ether oxygens (including phenoxy) is 2. The number of fused-ring (bicyclic) bond motifs is 3. The molecule has 0 saturated carbocycles. The van der Waals surface area contributed by atoms with Gasteiger partial charge in [-0.1, -0.05) is 18.2 Å². The molecular weight excluding hydrogens is 414 g/mol. The number of carboxylic acid groups (broad SMARTS) is 1. The Morgan fingerprint density at radius 1 is 1.06 bits per heavy atom.